The minimum absolute atomic E-state index is 0.0586. The predicted molar refractivity (Wildman–Crippen MR) is 143 cm³/mol. The zero-order valence-corrected chi connectivity index (χ0v) is 21.9. The summed E-state index contributed by atoms with van der Waals surface area (Å²) in [5.74, 6) is 0.954. The first-order valence-electron chi connectivity index (χ1n) is 11.2. The summed E-state index contributed by atoms with van der Waals surface area (Å²) >= 11 is 15.0. The summed E-state index contributed by atoms with van der Waals surface area (Å²) in [6, 6.07) is 7.88. The van der Waals surface area contributed by atoms with Crippen LogP contribution >= 0.6 is 35.0 Å². The Hall–Kier alpha value is -3.53. The zero-order valence-electron chi connectivity index (χ0n) is 19.5. The number of rotatable bonds is 6. The summed E-state index contributed by atoms with van der Waals surface area (Å²) in [5.41, 5.74) is 3.87. The van der Waals surface area contributed by atoms with Gasteiger partial charge in [-0.15, -0.1) is 0 Å². The van der Waals surface area contributed by atoms with E-state index in [2.05, 4.69) is 20.4 Å². The molecule has 3 heterocycles. The number of nitrogens with one attached hydrogen (secondary N) is 2. The molecular formula is C23H21Cl2N7O4S. The molecule has 1 aromatic carbocycles. The minimum atomic E-state index is -1.03. The number of halogens is 2. The molecule has 0 spiro atoms. The van der Waals surface area contributed by atoms with Crippen LogP contribution in [-0.4, -0.2) is 50.2 Å². The second-order valence-corrected chi connectivity index (χ2v) is 9.90. The molecule has 0 aliphatic carbocycles. The van der Waals surface area contributed by atoms with E-state index in [1.807, 2.05) is 17.1 Å². The molecule has 2 N–H and O–H groups in total. The molecule has 2 aromatic heterocycles. The van der Waals surface area contributed by atoms with Crippen LogP contribution in [0.25, 0.3) is 16.7 Å². The average Bonchev–Trinajstić information content (AvgIpc) is 3.28. The number of aromatic nitrogens is 3. The first-order chi connectivity index (χ1) is 17.8. The van der Waals surface area contributed by atoms with E-state index in [0.29, 0.717) is 16.7 Å². The number of carbonyl (C=O) groups is 2. The van der Waals surface area contributed by atoms with Gasteiger partial charge in [-0.2, -0.15) is 27.2 Å². The van der Waals surface area contributed by atoms with Crippen LogP contribution in [-0.2, 0) is 9.53 Å². The Kier molecular flexibility index (Phi) is 8.38. The van der Waals surface area contributed by atoms with E-state index in [4.69, 9.17) is 23.2 Å². The summed E-state index contributed by atoms with van der Waals surface area (Å²) in [6.07, 6.45) is 2.44. The second kappa shape index (κ2) is 11.7. The fraction of sp³-hybridized carbons (Fsp3) is 0.304. The molecule has 0 saturated carbocycles. The number of nitrogens with zero attached hydrogens (tertiary/aromatic N) is 5. The number of ether oxygens (including phenoxy) is 1. The number of carbonyl (C=O) groups excluding carboxylic acids is 2. The van der Waals surface area contributed by atoms with Gasteiger partial charge in [0, 0.05) is 12.1 Å². The van der Waals surface area contributed by atoms with E-state index in [1.54, 1.807) is 34.5 Å². The third-order valence-electron chi connectivity index (χ3n) is 5.56. The largest absolute Gasteiger partial charge is 0.450 e. The molecule has 37 heavy (non-hydrogen) atoms. The molecule has 3 aromatic rings. The number of fused-ring (bicyclic) bond motifs is 1. The molecular weight excluding hydrogens is 541 g/mol. The standard InChI is InChI=1S/C23H21Cl2N7O4S/c1-2-36-23(35)28-22(34)17(11-26)30-29-13-9-15(24)21(16(25)10-13)32-18-3-4-20(33)31(19(18)12-27-32)14-5-7-37-8-6-14/h3-4,9-10,12,14,29H,2,5-8H2,1H3,(H,28,34,35)/b30-17-. The number of benzene rings is 1. The van der Waals surface area contributed by atoms with Crippen molar-refractivity contribution in [3.63, 3.8) is 0 Å². The van der Waals surface area contributed by atoms with Crippen molar-refractivity contribution in [2.75, 3.05) is 23.5 Å². The number of hydrogen-bond donors (Lipinski definition) is 2. The number of pyridine rings is 1. The van der Waals surface area contributed by atoms with Gasteiger partial charge >= 0.3 is 6.09 Å². The van der Waals surface area contributed by atoms with Crippen LogP contribution in [0.5, 0.6) is 0 Å². The van der Waals surface area contributed by atoms with E-state index in [1.165, 1.54) is 18.2 Å². The topological polar surface area (TPSA) is 143 Å². The van der Waals surface area contributed by atoms with Gasteiger partial charge in [0.05, 0.1) is 39.6 Å². The molecule has 4 rings (SSSR count). The van der Waals surface area contributed by atoms with E-state index < -0.39 is 17.7 Å². The monoisotopic (exact) mass is 561 g/mol. The van der Waals surface area contributed by atoms with E-state index in [0.717, 1.165) is 24.3 Å². The fourth-order valence-electron chi connectivity index (χ4n) is 3.94. The Morgan fingerprint density at radius 2 is 1.95 bits per heavy atom. The van der Waals surface area contributed by atoms with Gasteiger partial charge < -0.3 is 9.30 Å². The highest BCUT2D eigenvalue weighted by atomic mass is 35.5. The Labute approximate surface area is 225 Å². The number of nitriles is 1. The Morgan fingerprint density at radius 3 is 2.59 bits per heavy atom. The van der Waals surface area contributed by atoms with Gasteiger partial charge in [0.1, 0.15) is 11.8 Å². The van der Waals surface area contributed by atoms with Crippen molar-refractivity contribution >= 4 is 69.4 Å². The molecule has 1 saturated heterocycles. The van der Waals surface area contributed by atoms with Gasteiger partial charge in [0.2, 0.25) is 5.71 Å². The molecule has 1 fully saturated rings. The molecule has 0 atom stereocenters. The molecule has 192 valence electrons. The molecule has 0 unspecified atom stereocenters. The first kappa shape index (κ1) is 26.5. The maximum Gasteiger partial charge on any atom is 0.414 e. The molecule has 1 aliphatic rings. The van der Waals surface area contributed by atoms with Crippen LogP contribution in [0.3, 0.4) is 0 Å². The summed E-state index contributed by atoms with van der Waals surface area (Å²) in [7, 11) is 0. The quantitative estimate of drug-likeness (QED) is 0.337. The van der Waals surface area contributed by atoms with Gasteiger partial charge in [-0.1, -0.05) is 23.2 Å². The lowest BCUT2D eigenvalue weighted by Crippen LogP contribution is -2.36. The molecule has 1 aliphatic heterocycles. The van der Waals surface area contributed by atoms with Crippen molar-refractivity contribution in [1.29, 1.82) is 5.26 Å². The summed E-state index contributed by atoms with van der Waals surface area (Å²) in [4.78, 5) is 36.1. The van der Waals surface area contributed by atoms with E-state index >= 15 is 0 Å². The first-order valence-corrected chi connectivity index (χ1v) is 13.1. The van der Waals surface area contributed by atoms with Crippen molar-refractivity contribution in [3.8, 4) is 11.8 Å². The highest BCUT2D eigenvalue weighted by Crippen LogP contribution is 2.35. The lowest BCUT2D eigenvalue weighted by Gasteiger charge is -2.24. The summed E-state index contributed by atoms with van der Waals surface area (Å²) < 4.78 is 7.96. The van der Waals surface area contributed by atoms with Crippen LogP contribution in [0.2, 0.25) is 10.0 Å². The van der Waals surface area contributed by atoms with Gasteiger partial charge in [-0.3, -0.25) is 20.3 Å². The highest BCUT2D eigenvalue weighted by molar-refractivity contribution is 7.99. The molecule has 0 bridgehead atoms. The molecule has 2 amide bonds. The van der Waals surface area contributed by atoms with Crippen LogP contribution in [0.1, 0.15) is 25.8 Å². The van der Waals surface area contributed by atoms with Gasteiger partial charge in [-0.25, -0.2) is 9.48 Å². The van der Waals surface area contributed by atoms with Crippen molar-refractivity contribution < 1.29 is 14.3 Å². The average molecular weight is 562 g/mol. The van der Waals surface area contributed by atoms with Crippen LogP contribution in [0, 0.1) is 11.3 Å². The van der Waals surface area contributed by atoms with Gasteiger partial charge in [0.15, 0.2) is 0 Å². The smallest absolute Gasteiger partial charge is 0.414 e. The number of anilines is 1. The Morgan fingerprint density at radius 1 is 1.24 bits per heavy atom. The van der Waals surface area contributed by atoms with Crippen molar-refractivity contribution in [3.05, 3.63) is 50.9 Å². The van der Waals surface area contributed by atoms with Crippen molar-refractivity contribution in [1.82, 2.24) is 19.7 Å². The highest BCUT2D eigenvalue weighted by Gasteiger charge is 2.22. The van der Waals surface area contributed by atoms with Crippen LogP contribution < -0.4 is 16.3 Å². The number of hydrazone groups is 1. The predicted octanol–water partition coefficient (Wildman–Crippen LogP) is 4.13. The number of imide groups is 1. The number of amides is 2. The molecule has 11 nitrogen and oxygen atoms in total. The van der Waals surface area contributed by atoms with Gasteiger partial charge in [-0.05, 0) is 49.5 Å². The second-order valence-electron chi connectivity index (χ2n) is 7.86. The van der Waals surface area contributed by atoms with Crippen molar-refractivity contribution in [2.45, 2.75) is 25.8 Å². The fourth-order valence-corrected chi connectivity index (χ4v) is 5.67. The molecule has 14 heteroatoms. The van der Waals surface area contributed by atoms with E-state index in [9.17, 15) is 19.6 Å². The zero-order chi connectivity index (χ0) is 26.5. The molecule has 0 radical (unpaired) electrons. The summed E-state index contributed by atoms with van der Waals surface area (Å²) in [5, 5.41) is 19.7. The number of alkyl carbamates (subject to hydrolysis) is 1. The van der Waals surface area contributed by atoms with Crippen LogP contribution in [0.15, 0.2) is 40.4 Å². The summed E-state index contributed by atoms with van der Waals surface area (Å²) in [6.45, 7) is 1.63. The van der Waals surface area contributed by atoms with Crippen molar-refractivity contribution in [2.24, 2.45) is 5.10 Å². The Bertz CT molecular complexity index is 1470. The maximum absolute atomic E-state index is 12.7. The number of hydrogen-bond acceptors (Lipinski definition) is 9. The Balaban J connectivity index is 1.63. The lowest BCUT2D eigenvalue weighted by atomic mass is 10.1. The number of thioether (sulfide) groups is 1. The van der Waals surface area contributed by atoms with Gasteiger partial charge in [0.25, 0.3) is 11.5 Å². The third-order valence-corrected chi connectivity index (χ3v) is 7.19. The van der Waals surface area contributed by atoms with E-state index in [-0.39, 0.29) is 33.9 Å². The minimum Gasteiger partial charge on any atom is -0.450 e. The maximum atomic E-state index is 12.7. The third kappa shape index (κ3) is 5.74. The normalized spacial score (nSPS) is 14.3. The van der Waals surface area contributed by atoms with Crippen LogP contribution in [0.4, 0.5) is 10.5 Å². The SMILES string of the molecule is CCOC(=O)NC(=O)/C(C#N)=N\Nc1cc(Cl)c(-n2ncc3c2ccc(=O)n3C2CCSCC2)c(Cl)c1. The lowest BCUT2D eigenvalue weighted by molar-refractivity contribution is -0.114.